The van der Waals surface area contributed by atoms with Crippen LogP contribution in [-0.2, 0) is 16.0 Å². The molecule has 0 fully saturated rings. The van der Waals surface area contributed by atoms with Gasteiger partial charge in [-0.05, 0) is 30.0 Å². The summed E-state index contributed by atoms with van der Waals surface area (Å²) in [4.78, 5) is 12.5. The molecular weight excluding hydrogens is 440 g/mol. The quantitative estimate of drug-likeness (QED) is 0.547. The van der Waals surface area contributed by atoms with Crippen molar-refractivity contribution in [3.05, 3.63) is 23.3 Å². The molecular formula is C26H32O8. The zero-order chi connectivity index (χ0) is 24.6. The number of hydrogen-bond donors (Lipinski definition) is 0. The minimum Gasteiger partial charge on any atom is -0.493 e. The third-order valence-electron chi connectivity index (χ3n) is 6.79. The van der Waals surface area contributed by atoms with Crippen molar-refractivity contribution in [3.8, 4) is 45.6 Å². The van der Waals surface area contributed by atoms with Crippen molar-refractivity contribution in [2.75, 3.05) is 35.2 Å². The largest absolute Gasteiger partial charge is 0.493 e. The lowest BCUT2D eigenvalue weighted by atomic mass is 9.76. The van der Waals surface area contributed by atoms with Crippen molar-refractivity contribution >= 4 is 5.97 Å². The van der Waals surface area contributed by atoms with Gasteiger partial charge in [0, 0.05) is 29.0 Å². The lowest BCUT2D eigenvalue weighted by molar-refractivity contribution is -0.152. The fourth-order valence-electron chi connectivity index (χ4n) is 4.86. The maximum absolute atomic E-state index is 12.5. The molecule has 4 rings (SSSR count). The fraction of sp³-hybridized carbons (Fsp3) is 0.500. The molecule has 1 aliphatic carbocycles. The molecule has 1 heterocycles. The van der Waals surface area contributed by atoms with Crippen LogP contribution < -0.4 is 28.4 Å². The average molecular weight is 473 g/mol. The smallest absolute Gasteiger partial charge is 0.306 e. The van der Waals surface area contributed by atoms with E-state index in [0.29, 0.717) is 40.9 Å². The predicted octanol–water partition coefficient (Wildman–Crippen LogP) is 4.94. The van der Waals surface area contributed by atoms with Gasteiger partial charge in [0.25, 0.3) is 0 Å². The van der Waals surface area contributed by atoms with Gasteiger partial charge in [-0.3, -0.25) is 4.79 Å². The van der Waals surface area contributed by atoms with Crippen LogP contribution in [0.4, 0.5) is 0 Å². The molecule has 0 radical (unpaired) electrons. The Balaban J connectivity index is 2.14. The molecule has 0 bridgehead atoms. The van der Waals surface area contributed by atoms with Crippen molar-refractivity contribution in [2.45, 2.75) is 39.7 Å². The number of ether oxygens (including phenoxy) is 7. The molecule has 0 N–H and O–H groups in total. The van der Waals surface area contributed by atoms with E-state index in [1.54, 1.807) is 35.4 Å². The molecule has 2 aromatic rings. The van der Waals surface area contributed by atoms with Crippen LogP contribution in [0, 0.1) is 11.8 Å². The van der Waals surface area contributed by atoms with Gasteiger partial charge in [-0.25, -0.2) is 0 Å². The summed E-state index contributed by atoms with van der Waals surface area (Å²) in [6.07, 6.45) is 0.455. The number of hydrogen-bond acceptors (Lipinski definition) is 8. The van der Waals surface area contributed by atoms with E-state index in [1.807, 2.05) is 12.1 Å². The third-order valence-corrected chi connectivity index (χ3v) is 6.79. The second-order valence-electron chi connectivity index (χ2n) is 8.59. The Morgan fingerprint density at radius 2 is 1.65 bits per heavy atom. The molecule has 2 aliphatic rings. The number of carbonyl (C=O) groups excluding carboxylic acids is 1. The van der Waals surface area contributed by atoms with Crippen molar-refractivity contribution in [2.24, 2.45) is 11.8 Å². The SMILES string of the molecule is CCC(=O)OC1c2cc3c(c(OC)c2-c2c(cc(OC)c(OC)c2OC)CC(C)C1C)OCO3. The van der Waals surface area contributed by atoms with Gasteiger partial charge >= 0.3 is 5.97 Å². The van der Waals surface area contributed by atoms with E-state index in [-0.39, 0.29) is 31.0 Å². The number of fused-ring (bicyclic) bond motifs is 4. The minimum atomic E-state index is -0.521. The van der Waals surface area contributed by atoms with Crippen LogP contribution in [0.5, 0.6) is 34.5 Å². The Morgan fingerprint density at radius 3 is 2.26 bits per heavy atom. The Labute approximate surface area is 200 Å². The average Bonchev–Trinajstić information content (AvgIpc) is 3.32. The second kappa shape index (κ2) is 9.52. The van der Waals surface area contributed by atoms with Gasteiger partial charge in [0.2, 0.25) is 18.3 Å². The van der Waals surface area contributed by atoms with Crippen molar-refractivity contribution < 1.29 is 38.0 Å². The van der Waals surface area contributed by atoms with E-state index in [4.69, 9.17) is 33.2 Å². The first-order valence-electron chi connectivity index (χ1n) is 11.4. The Hall–Kier alpha value is -3.29. The fourth-order valence-corrected chi connectivity index (χ4v) is 4.86. The molecule has 0 aromatic heterocycles. The number of methoxy groups -OCH3 is 4. The molecule has 0 spiro atoms. The van der Waals surface area contributed by atoms with Crippen LogP contribution in [-0.4, -0.2) is 41.2 Å². The summed E-state index contributed by atoms with van der Waals surface area (Å²) in [6, 6.07) is 3.87. The van der Waals surface area contributed by atoms with Gasteiger partial charge in [0.1, 0.15) is 6.10 Å². The summed E-state index contributed by atoms with van der Waals surface area (Å²) >= 11 is 0. The maximum Gasteiger partial charge on any atom is 0.306 e. The van der Waals surface area contributed by atoms with Crippen LogP contribution in [0.25, 0.3) is 11.1 Å². The van der Waals surface area contributed by atoms with E-state index in [2.05, 4.69) is 13.8 Å². The first kappa shape index (κ1) is 23.9. The number of benzene rings is 2. The molecule has 1 aliphatic heterocycles. The summed E-state index contributed by atoms with van der Waals surface area (Å²) in [5, 5.41) is 0. The second-order valence-corrected chi connectivity index (χ2v) is 8.59. The summed E-state index contributed by atoms with van der Waals surface area (Å²) in [5.74, 6) is 3.01. The maximum atomic E-state index is 12.5. The molecule has 0 amide bonds. The van der Waals surface area contributed by atoms with Gasteiger partial charge in [0.05, 0.1) is 28.4 Å². The predicted molar refractivity (Wildman–Crippen MR) is 125 cm³/mol. The zero-order valence-corrected chi connectivity index (χ0v) is 20.8. The molecule has 0 saturated carbocycles. The highest BCUT2D eigenvalue weighted by atomic mass is 16.7. The molecule has 184 valence electrons. The topological polar surface area (TPSA) is 81.7 Å². The zero-order valence-electron chi connectivity index (χ0n) is 20.8. The molecule has 2 aromatic carbocycles. The summed E-state index contributed by atoms with van der Waals surface area (Å²) in [7, 11) is 6.36. The summed E-state index contributed by atoms with van der Waals surface area (Å²) in [6.45, 7) is 6.12. The number of esters is 1. The molecule has 34 heavy (non-hydrogen) atoms. The van der Waals surface area contributed by atoms with E-state index in [0.717, 1.165) is 22.3 Å². The van der Waals surface area contributed by atoms with Crippen molar-refractivity contribution in [1.29, 1.82) is 0 Å². The summed E-state index contributed by atoms with van der Waals surface area (Å²) < 4.78 is 40.7. The molecule has 8 heteroatoms. The lowest BCUT2D eigenvalue weighted by Gasteiger charge is -2.35. The van der Waals surface area contributed by atoms with Gasteiger partial charge in [-0.15, -0.1) is 0 Å². The van der Waals surface area contributed by atoms with E-state index in [9.17, 15) is 4.79 Å². The van der Waals surface area contributed by atoms with Crippen LogP contribution in [0.3, 0.4) is 0 Å². The molecule has 3 atom stereocenters. The monoisotopic (exact) mass is 472 g/mol. The summed E-state index contributed by atoms with van der Waals surface area (Å²) in [5.41, 5.74) is 3.30. The van der Waals surface area contributed by atoms with Crippen LogP contribution >= 0.6 is 0 Å². The normalized spacial score (nSPS) is 20.4. The highest BCUT2D eigenvalue weighted by Gasteiger charge is 2.39. The van der Waals surface area contributed by atoms with Gasteiger partial charge in [0.15, 0.2) is 23.0 Å². The van der Waals surface area contributed by atoms with Gasteiger partial charge in [-0.1, -0.05) is 20.8 Å². The van der Waals surface area contributed by atoms with E-state index < -0.39 is 6.10 Å². The number of carbonyl (C=O) groups is 1. The standard InChI is InChI=1S/C26H32O8/c1-8-19(27)34-22-14(3)13(2)9-15-10-17(28-4)23(29-5)25(30-6)20(15)21-16(22)11-18-24(26(21)31-7)33-12-32-18/h10-11,13-14,22H,8-9,12H2,1-7H3. The van der Waals surface area contributed by atoms with Crippen LogP contribution in [0.1, 0.15) is 44.4 Å². The number of rotatable bonds is 6. The molecule has 0 saturated heterocycles. The van der Waals surface area contributed by atoms with Crippen molar-refractivity contribution in [1.82, 2.24) is 0 Å². The van der Waals surface area contributed by atoms with E-state index >= 15 is 0 Å². The van der Waals surface area contributed by atoms with E-state index in [1.165, 1.54) is 0 Å². The Bertz CT molecular complexity index is 1090. The molecule has 3 unspecified atom stereocenters. The van der Waals surface area contributed by atoms with Crippen LogP contribution in [0.2, 0.25) is 0 Å². The Morgan fingerprint density at radius 1 is 0.941 bits per heavy atom. The van der Waals surface area contributed by atoms with Gasteiger partial charge in [-0.2, -0.15) is 0 Å². The first-order chi connectivity index (χ1) is 16.4. The Kier molecular flexibility index (Phi) is 6.68. The van der Waals surface area contributed by atoms with Gasteiger partial charge < -0.3 is 33.2 Å². The minimum absolute atomic E-state index is 0.00608. The molecule has 8 nitrogen and oxygen atoms in total. The third kappa shape index (κ3) is 3.75. The highest BCUT2D eigenvalue weighted by Crippen LogP contribution is 2.58. The lowest BCUT2D eigenvalue weighted by Crippen LogP contribution is -2.26. The van der Waals surface area contributed by atoms with Crippen LogP contribution in [0.15, 0.2) is 12.1 Å². The van der Waals surface area contributed by atoms with Crippen molar-refractivity contribution in [3.63, 3.8) is 0 Å². The highest BCUT2D eigenvalue weighted by molar-refractivity contribution is 5.89. The first-order valence-corrected chi connectivity index (χ1v) is 11.4.